The monoisotopic (exact) mass is 404 g/mol. The number of unbranched alkanes of at least 4 members (excludes halogenated alkanes) is 2. The molecule has 1 N–H and O–H groups in total. The van der Waals surface area contributed by atoms with Crippen molar-refractivity contribution in [3.05, 3.63) is 20.8 Å². The number of hydrogen-bond acceptors (Lipinski definition) is 5. The minimum atomic E-state index is -3.73. The summed E-state index contributed by atoms with van der Waals surface area (Å²) in [6.07, 6.45) is 3.30. The van der Waals surface area contributed by atoms with Crippen LogP contribution in [0, 0.1) is 0 Å². The van der Waals surface area contributed by atoms with Crippen LogP contribution in [0.3, 0.4) is 0 Å². The lowest BCUT2D eigenvalue weighted by Gasteiger charge is -2.12. The normalized spacial score (nSPS) is 12.1. The van der Waals surface area contributed by atoms with Gasteiger partial charge in [-0.1, -0.05) is 26.7 Å². The Hall–Kier alpha value is -1.61. The number of fused-ring (bicyclic) bond motifs is 1. The van der Waals surface area contributed by atoms with Crippen LogP contribution in [0.1, 0.15) is 46.0 Å². The summed E-state index contributed by atoms with van der Waals surface area (Å²) in [4.78, 5) is 25.6. The largest absolute Gasteiger partial charge is 0.331 e. The maximum Gasteiger partial charge on any atom is 0.331 e. The first-order valence-corrected chi connectivity index (χ1v) is 11.1. The number of aryl methyl sites for hydroxylation is 1. The molecule has 0 aliphatic carbocycles. The molecule has 0 radical (unpaired) electrons. The molecule has 26 heavy (non-hydrogen) atoms. The molecule has 0 saturated carbocycles. The van der Waals surface area contributed by atoms with E-state index in [1.807, 2.05) is 13.8 Å². The lowest BCUT2D eigenvalue weighted by molar-refractivity contribution is 0.530. The van der Waals surface area contributed by atoms with E-state index in [1.54, 1.807) is 0 Å². The standard InChI is InChI=1S/C16H25ClN4O4S/c1-3-5-9-20-13-12(15(22)21(16(20)23)10-6-4-2)18-19-14(13)26(24,25)11-7-8-17/h3-11H2,1-2H3,(H,18,19). The zero-order valence-electron chi connectivity index (χ0n) is 15.1. The van der Waals surface area contributed by atoms with Crippen molar-refractivity contribution in [2.24, 2.45) is 0 Å². The molecule has 0 unspecified atom stereocenters. The molecule has 146 valence electrons. The SMILES string of the molecule is CCCCn1c(=O)c2n[nH]c(S(=O)(=O)CCCCl)c2n(CCCC)c1=O. The first-order valence-electron chi connectivity index (χ1n) is 8.89. The molecule has 0 aliphatic heterocycles. The Morgan fingerprint density at radius 3 is 2.23 bits per heavy atom. The molecule has 0 spiro atoms. The Morgan fingerprint density at radius 1 is 1.04 bits per heavy atom. The molecule has 0 atom stereocenters. The van der Waals surface area contributed by atoms with E-state index in [2.05, 4.69) is 10.2 Å². The van der Waals surface area contributed by atoms with Crippen molar-refractivity contribution in [3.8, 4) is 0 Å². The van der Waals surface area contributed by atoms with Crippen LogP contribution in [0.5, 0.6) is 0 Å². The van der Waals surface area contributed by atoms with Crippen molar-refractivity contribution in [1.29, 1.82) is 0 Å². The highest BCUT2D eigenvalue weighted by atomic mass is 35.5. The molecule has 2 heterocycles. The Kier molecular flexibility index (Phi) is 7.05. The van der Waals surface area contributed by atoms with Gasteiger partial charge in [-0.2, -0.15) is 5.10 Å². The highest BCUT2D eigenvalue weighted by Crippen LogP contribution is 2.19. The molecule has 2 aromatic heterocycles. The van der Waals surface area contributed by atoms with E-state index in [0.717, 1.165) is 17.4 Å². The van der Waals surface area contributed by atoms with Gasteiger partial charge in [0.25, 0.3) is 5.56 Å². The molecular formula is C16H25ClN4O4S. The summed E-state index contributed by atoms with van der Waals surface area (Å²) in [6.45, 7) is 4.56. The van der Waals surface area contributed by atoms with Crippen LogP contribution in [-0.2, 0) is 22.9 Å². The molecule has 0 saturated heterocycles. The number of aromatic amines is 1. The first-order chi connectivity index (χ1) is 12.4. The Bertz CT molecular complexity index is 975. The Balaban J connectivity index is 2.76. The number of aromatic nitrogens is 4. The van der Waals surface area contributed by atoms with Gasteiger partial charge in [0.15, 0.2) is 20.4 Å². The highest BCUT2D eigenvalue weighted by molar-refractivity contribution is 7.91. The third kappa shape index (κ3) is 4.03. The van der Waals surface area contributed by atoms with Gasteiger partial charge in [-0.15, -0.1) is 11.6 Å². The summed E-state index contributed by atoms with van der Waals surface area (Å²) in [5, 5.41) is 6.24. The summed E-state index contributed by atoms with van der Waals surface area (Å²) < 4.78 is 27.8. The number of nitrogens with one attached hydrogen (secondary N) is 1. The van der Waals surface area contributed by atoms with Gasteiger partial charge in [0, 0.05) is 19.0 Å². The number of alkyl halides is 1. The molecule has 8 nitrogen and oxygen atoms in total. The number of sulfone groups is 1. The smallest absolute Gasteiger partial charge is 0.289 e. The quantitative estimate of drug-likeness (QED) is 0.608. The van der Waals surface area contributed by atoms with Crippen LogP contribution in [0.25, 0.3) is 11.0 Å². The predicted molar refractivity (Wildman–Crippen MR) is 102 cm³/mol. The number of nitrogens with zero attached hydrogens (tertiary/aromatic N) is 3. The van der Waals surface area contributed by atoms with Gasteiger partial charge in [-0.3, -0.25) is 19.0 Å². The first kappa shape index (κ1) is 20.7. The second-order valence-corrected chi connectivity index (χ2v) is 8.63. The van der Waals surface area contributed by atoms with Crippen LogP contribution in [0.15, 0.2) is 14.6 Å². The predicted octanol–water partition coefficient (Wildman–Crippen LogP) is 1.89. The highest BCUT2D eigenvalue weighted by Gasteiger charge is 2.26. The Labute approximate surface area is 157 Å². The fourth-order valence-electron chi connectivity index (χ4n) is 2.78. The molecule has 0 bridgehead atoms. The van der Waals surface area contributed by atoms with E-state index in [4.69, 9.17) is 11.6 Å². The van der Waals surface area contributed by atoms with Crippen LogP contribution >= 0.6 is 11.6 Å². The third-order valence-electron chi connectivity index (χ3n) is 4.22. The summed E-state index contributed by atoms with van der Waals surface area (Å²) in [5.74, 6) is 0.0342. The van der Waals surface area contributed by atoms with Gasteiger partial charge >= 0.3 is 5.69 Å². The zero-order chi connectivity index (χ0) is 19.3. The maximum absolute atomic E-state index is 12.9. The lowest BCUT2D eigenvalue weighted by Crippen LogP contribution is -2.40. The van der Waals surface area contributed by atoms with Crippen molar-refractivity contribution in [2.75, 3.05) is 11.6 Å². The van der Waals surface area contributed by atoms with Gasteiger partial charge in [-0.05, 0) is 19.3 Å². The van der Waals surface area contributed by atoms with Crippen molar-refractivity contribution >= 4 is 32.5 Å². The van der Waals surface area contributed by atoms with Crippen LogP contribution < -0.4 is 11.2 Å². The van der Waals surface area contributed by atoms with E-state index < -0.39 is 21.1 Å². The minimum absolute atomic E-state index is 0.0127. The second-order valence-electron chi connectivity index (χ2n) is 6.21. The third-order valence-corrected chi connectivity index (χ3v) is 6.22. The molecule has 0 aromatic carbocycles. The van der Waals surface area contributed by atoms with Gasteiger partial charge in [-0.25, -0.2) is 13.2 Å². The average Bonchev–Trinajstić information content (AvgIpc) is 3.06. The summed E-state index contributed by atoms with van der Waals surface area (Å²) in [7, 11) is -3.73. The number of H-pyrrole nitrogens is 1. The molecule has 10 heteroatoms. The van der Waals surface area contributed by atoms with Crippen molar-refractivity contribution < 1.29 is 8.42 Å². The second kappa shape index (κ2) is 8.85. The van der Waals surface area contributed by atoms with E-state index >= 15 is 0 Å². The van der Waals surface area contributed by atoms with Gasteiger partial charge < -0.3 is 0 Å². The molecule has 2 rings (SSSR count). The van der Waals surface area contributed by atoms with E-state index in [1.165, 1.54) is 4.57 Å². The average molecular weight is 405 g/mol. The van der Waals surface area contributed by atoms with E-state index in [-0.39, 0.29) is 40.7 Å². The number of rotatable bonds is 10. The van der Waals surface area contributed by atoms with E-state index in [0.29, 0.717) is 19.4 Å². The van der Waals surface area contributed by atoms with Crippen LogP contribution in [0.2, 0.25) is 0 Å². The fourth-order valence-corrected chi connectivity index (χ4v) is 4.48. The van der Waals surface area contributed by atoms with Gasteiger partial charge in [0.2, 0.25) is 0 Å². The van der Waals surface area contributed by atoms with Crippen LogP contribution in [-0.4, -0.2) is 39.4 Å². The summed E-state index contributed by atoms with van der Waals surface area (Å²) in [5.41, 5.74) is -0.974. The van der Waals surface area contributed by atoms with Crippen molar-refractivity contribution in [2.45, 2.75) is 64.1 Å². The molecule has 0 amide bonds. The fraction of sp³-hybridized carbons (Fsp3) is 0.688. The minimum Gasteiger partial charge on any atom is -0.289 e. The Morgan fingerprint density at radius 2 is 1.65 bits per heavy atom. The summed E-state index contributed by atoms with van der Waals surface area (Å²) in [6, 6.07) is 0. The van der Waals surface area contributed by atoms with Crippen LogP contribution in [0.4, 0.5) is 0 Å². The van der Waals surface area contributed by atoms with Crippen molar-refractivity contribution in [1.82, 2.24) is 19.3 Å². The van der Waals surface area contributed by atoms with Crippen molar-refractivity contribution in [3.63, 3.8) is 0 Å². The van der Waals surface area contributed by atoms with Gasteiger partial charge in [0.05, 0.1) is 5.75 Å². The van der Waals surface area contributed by atoms with Gasteiger partial charge in [0.1, 0.15) is 5.52 Å². The summed E-state index contributed by atoms with van der Waals surface area (Å²) >= 11 is 5.61. The topological polar surface area (TPSA) is 107 Å². The van der Waals surface area contributed by atoms with E-state index in [9.17, 15) is 18.0 Å². The molecule has 0 aliphatic rings. The molecule has 0 fully saturated rings. The zero-order valence-corrected chi connectivity index (χ0v) is 16.7. The lowest BCUT2D eigenvalue weighted by atomic mass is 10.3. The maximum atomic E-state index is 12.9. The number of halogens is 1. The molecular weight excluding hydrogens is 380 g/mol. The number of hydrogen-bond donors (Lipinski definition) is 1. The molecule has 2 aromatic rings.